The molecule has 2 aliphatic heterocycles. The molecule has 1 amide bonds. The van der Waals surface area contributed by atoms with Crippen LogP contribution in [0.3, 0.4) is 0 Å². The monoisotopic (exact) mass is 480 g/mol. The summed E-state index contributed by atoms with van der Waals surface area (Å²) in [5, 5.41) is 3.07. The quantitative estimate of drug-likeness (QED) is 0.608. The lowest BCUT2D eigenvalue weighted by Gasteiger charge is -2.43. The second kappa shape index (κ2) is 9.92. The minimum atomic E-state index is -4.44. The highest BCUT2D eigenvalue weighted by atomic mass is 19.4. The second-order valence-corrected chi connectivity index (χ2v) is 8.89. The number of benzene rings is 2. The fraction of sp³-hybridized carbons (Fsp3) is 0.480. The van der Waals surface area contributed by atoms with Crippen molar-refractivity contribution >= 4 is 5.91 Å². The minimum Gasteiger partial charge on any atom is -0.489 e. The predicted octanol–water partition coefficient (Wildman–Crippen LogP) is 4.72. The number of amides is 1. The van der Waals surface area contributed by atoms with Crippen molar-refractivity contribution in [2.75, 3.05) is 26.3 Å². The highest BCUT2D eigenvalue weighted by molar-refractivity contribution is 5.87. The smallest absolute Gasteiger partial charge is 0.416 e. The van der Waals surface area contributed by atoms with Gasteiger partial charge in [0.2, 0.25) is 5.91 Å². The first-order chi connectivity index (χ1) is 16.2. The van der Waals surface area contributed by atoms with Crippen LogP contribution in [0.4, 0.5) is 17.6 Å². The van der Waals surface area contributed by atoms with Gasteiger partial charge in [0.25, 0.3) is 0 Å². The van der Waals surface area contributed by atoms with Gasteiger partial charge in [-0.1, -0.05) is 18.2 Å². The summed E-state index contributed by atoms with van der Waals surface area (Å²) in [6.07, 6.45) is -3.16. The summed E-state index contributed by atoms with van der Waals surface area (Å²) in [6.45, 7) is 3.74. The molecule has 0 aromatic heterocycles. The van der Waals surface area contributed by atoms with Crippen LogP contribution in [-0.4, -0.2) is 48.8 Å². The SMILES string of the molecule is C[C@H](NC(=O)C1(N2CCC(Oc3cccc(C(F)(F)F)c3)C2)CCOCC1)c1ccc(F)cc1. The average molecular weight is 481 g/mol. The van der Waals surface area contributed by atoms with Crippen molar-refractivity contribution in [2.24, 2.45) is 0 Å². The zero-order valence-electron chi connectivity index (χ0n) is 18.9. The number of carbonyl (C=O) groups excluding carboxylic acids is 1. The van der Waals surface area contributed by atoms with Crippen molar-refractivity contribution in [3.05, 3.63) is 65.5 Å². The first kappa shape index (κ1) is 24.5. The van der Waals surface area contributed by atoms with Gasteiger partial charge in [-0.15, -0.1) is 0 Å². The van der Waals surface area contributed by atoms with E-state index in [9.17, 15) is 22.4 Å². The number of likely N-dealkylation sites (tertiary alicyclic amines) is 1. The van der Waals surface area contributed by atoms with Crippen LogP contribution in [0, 0.1) is 5.82 Å². The molecule has 5 nitrogen and oxygen atoms in total. The first-order valence-corrected chi connectivity index (χ1v) is 11.4. The van der Waals surface area contributed by atoms with Crippen LogP contribution in [0.15, 0.2) is 48.5 Å². The van der Waals surface area contributed by atoms with E-state index in [1.165, 1.54) is 24.3 Å². The van der Waals surface area contributed by atoms with Crippen LogP contribution in [0.5, 0.6) is 5.75 Å². The Morgan fingerprint density at radius 1 is 1.18 bits per heavy atom. The van der Waals surface area contributed by atoms with Gasteiger partial charge in [-0.2, -0.15) is 13.2 Å². The van der Waals surface area contributed by atoms with Crippen molar-refractivity contribution < 1.29 is 31.8 Å². The van der Waals surface area contributed by atoms with Crippen LogP contribution < -0.4 is 10.1 Å². The summed E-state index contributed by atoms with van der Waals surface area (Å²) in [5.41, 5.74) is -0.752. The number of halogens is 4. The van der Waals surface area contributed by atoms with Gasteiger partial charge in [-0.25, -0.2) is 4.39 Å². The van der Waals surface area contributed by atoms with Gasteiger partial charge in [-0.3, -0.25) is 9.69 Å². The van der Waals surface area contributed by atoms with E-state index < -0.39 is 17.3 Å². The molecule has 0 aliphatic carbocycles. The molecule has 9 heteroatoms. The number of alkyl halides is 3. The summed E-state index contributed by atoms with van der Waals surface area (Å²) in [6, 6.07) is 10.6. The number of hydrogen-bond donors (Lipinski definition) is 1. The molecule has 0 radical (unpaired) electrons. The molecule has 2 aliphatic rings. The van der Waals surface area contributed by atoms with E-state index in [4.69, 9.17) is 9.47 Å². The van der Waals surface area contributed by atoms with E-state index >= 15 is 0 Å². The molecular formula is C25H28F4N2O3. The molecule has 2 heterocycles. The number of hydrogen-bond acceptors (Lipinski definition) is 4. The van der Waals surface area contributed by atoms with E-state index in [0.717, 1.165) is 17.7 Å². The molecule has 2 atom stereocenters. The van der Waals surface area contributed by atoms with Gasteiger partial charge in [0.15, 0.2) is 0 Å². The lowest BCUT2D eigenvalue weighted by molar-refractivity contribution is -0.141. The Morgan fingerprint density at radius 2 is 1.88 bits per heavy atom. The van der Waals surface area contributed by atoms with E-state index in [0.29, 0.717) is 45.6 Å². The van der Waals surface area contributed by atoms with Gasteiger partial charge in [-0.05, 0) is 62.1 Å². The van der Waals surface area contributed by atoms with Crippen molar-refractivity contribution in [3.8, 4) is 5.75 Å². The number of nitrogens with one attached hydrogen (secondary N) is 1. The lowest BCUT2D eigenvalue weighted by Crippen LogP contribution is -2.61. The third-order valence-corrected chi connectivity index (χ3v) is 6.67. The average Bonchev–Trinajstić information content (AvgIpc) is 3.28. The van der Waals surface area contributed by atoms with Crippen molar-refractivity contribution in [1.29, 1.82) is 0 Å². The normalized spacial score (nSPS) is 21.7. The third-order valence-electron chi connectivity index (χ3n) is 6.67. The van der Waals surface area contributed by atoms with Crippen molar-refractivity contribution in [1.82, 2.24) is 10.2 Å². The molecule has 1 N–H and O–H groups in total. The Balaban J connectivity index is 1.45. The topological polar surface area (TPSA) is 50.8 Å². The summed E-state index contributed by atoms with van der Waals surface area (Å²) in [5.74, 6) is -0.309. The maximum atomic E-state index is 13.5. The van der Waals surface area contributed by atoms with Gasteiger partial charge >= 0.3 is 6.18 Å². The van der Waals surface area contributed by atoms with Gasteiger partial charge in [0.1, 0.15) is 23.2 Å². The summed E-state index contributed by atoms with van der Waals surface area (Å²) in [4.78, 5) is 15.6. The first-order valence-electron chi connectivity index (χ1n) is 11.4. The third kappa shape index (κ3) is 5.36. The zero-order valence-corrected chi connectivity index (χ0v) is 18.9. The fourth-order valence-corrected chi connectivity index (χ4v) is 4.71. The second-order valence-electron chi connectivity index (χ2n) is 8.89. The summed E-state index contributed by atoms with van der Waals surface area (Å²) < 4.78 is 63.8. The molecular weight excluding hydrogens is 452 g/mol. The molecule has 0 spiro atoms. The Morgan fingerprint density at radius 3 is 2.56 bits per heavy atom. The number of carbonyl (C=O) groups is 1. The van der Waals surface area contributed by atoms with E-state index in [2.05, 4.69) is 10.2 Å². The Kier molecular flexibility index (Phi) is 7.14. The zero-order chi connectivity index (χ0) is 24.3. The van der Waals surface area contributed by atoms with Gasteiger partial charge < -0.3 is 14.8 Å². The van der Waals surface area contributed by atoms with Gasteiger partial charge in [0, 0.05) is 26.3 Å². The number of nitrogens with zero attached hydrogens (tertiary/aromatic N) is 1. The fourth-order valence-electron chi connectivity index (χ4n) is 4.71. The molecule has 184 valence electrons. The molecule has 1 unspecified atom stereocenters. The maximum absolute atomic E-state index is 13.5. The summed E-state index contributed by atoms with van der Waals surface area (Å²) in [7, 11) is 0. The van der Waals surface area contributed by atoms with Crippen LogP contribution in [0.25, 0.3) is 0 Å². The van der Waals surface area contributed by atoms with Crippen LogP contribution in [0.2, 0.25) is 0 Å². The molecule has 0 bridgehead atoms. The number of ether oxygens (including phenoxy) is 2. The highest BCUT2D eigenvalue weighted by Gasteiger charge is 2.48. The molecule has 4 rings (SSSR count). The highest BCUT2D eigenvalue weighted by Crippen LogP contribution is 2.35. The molecule has 2 aromatic rings. The predicted molar refractivity (Wildman–Crippen MR) is 118 cm³/mol. The standard InChI is InChI=1S/C25H28F4N2O3/c1-17(18-5-7-20(26)8-6-18)30-23(32)24(10-13-33-14-11-24)31-12-9-22(16-31)34-21-4-2-3-19(15-21)25(27,28)29/h2-8,15,17,22H,9-14,16H2,1H3,(H,30,32)/t17-,22?/m0/s1. The van der Waals surface area contributed by atoms with Crippen molar-refractivity contribution in [2.45, 2.75) is 50.0 Å². The molecule has 2 fully saturated rings. The Bertz CT molecular complexity index is 990. The van der Waals surface area contributed by atoms with Crippen LogP contribution in [0.1, 0.15) is 43.4 Å². The van der Waals surface area contributed by atoms with Crippen molar-refractivity contribution in [3.63, 3.8) is 0 Å². The minimum absolute atomic E-state index is 0.132. The van der Waals surface area contributed by atoms with Gasteiger partial charge in [0.05, 0.1) is 11.6 Å². The van der Waals surface area contributed by atoms with E-state index in [1.807, 2.05) is 6.92 Å². The van der Waals surface area contributed by atoms with Crippen LogP contribution >= 0.6 is 0 Å². The Labute approximate surface area is 196 Å². The largest absolute Gasteiger partial charge is 0.489 e. The van der Waals surface area contributed by atoms with Crippen LogP contribution in [-0.2, 0) is 15.7 Å². The molecule has 2 saturated heterocycles. The van der Waals surface area contributed by atoms with E-state index in [1.54, 1.807) is 12.1 Å². The molecule has 2 aromatic carbocycles. The molecule has 0 saturated carbocycles. The van der Waals surface area contributed by atoms with E-state index in [-0.39, 0.29) is 29.6 Å². The summed E-state index contributed by atoms with van der Waals surface area (Å²) >= 11 is 0. The lowest BCUT2D eigenvalue weighted by atomic mass is 9.86. The number of rotatable bonds is 6. The maximum Gasteiger partial charge on any atom is 0.416 e. The molecule has 34 heavy (non-hydrogen) atoms. The Hall–Kier alpha value is -2.65.